The van der Waals surface area contributed by atoms with E-state index in [1.165, 1.54) is 11.0 Å². The summed E-state index contributed by atoms with van der Waals surface area (Å²) in [6.07, 6.45) is 1.81. The van der Waals surface area contributed by atoms with E-state index in [0.29, 0.717) is 12.2 Å². The number of carbonyl (C=O) groups is 1. The van der Waals surface area contributed by atoms with Crippen molar-refractivity contribution in [3.63, 3.8) is 0 Å². The zero-order chi connectivity index (χ0) is 17.2. The number of ketones is 1. The third-order valence-corrected chi connectivity index (χ3v) is 4.96. The van der Waals surface area contributed by atoms with Gasteiger partial charge in [-0.25, -0.2) is 4.39 Å². The summed E-state index contributed by atoms with van der Waals surface area (Å²) in [4.78, 5) is 19.2. The quantitative estimate of drug-likeness (QED) is 0.714. The van der Waals surface area contributed by atoms with E-state index >= 15 is 0 Å². The highest BCUT2D eigenvalue weighted by molar-refractivity contribution is 6.08. The molecule has 1 aliphatic rings. The Kier molecular flexibility index (Phi) is 4.24. The standard InChI is InChI=1S/C20H20FN3O/c21-17-6-2-4-8-19(17)24-11-9-23(10-12-24)14-20(25)16-13-22-18-7-3-1-5-15(16)18/h1-8,13,22H,9-12,14H2/p+1. The Hall–Kier alpha value is -2.66. The molecule has 0 aliphatic carbocycles. The number of benzene rings is 2. The van der Waals surface area contributed by atoms with Crippen LogP contribution in [0.25, 0.3) is 10.9 Å². The van der Waals surface area contributed by atoms with Crippen molar-refractivity contribution in [3.8, 4) is 0 Å². The second-order valence-electron chi connectivity index (χ2n) is 6.54. The molecule has 0 amide bonds. The SMILES string of the molecule is O=C(C[NH+]1CCN(c2ccccc2F)CC1)c1c[nH]c2ccccc12. The molecule has 2 N–H and O–H groups in total. The summed E-state index contributed by atoms with van der Waals surface area (Å²) in [5.74, 6) is -0.0207. The van der Waals surface area contributed by atoms with Crippen molar-refractivity contribution in [3.05, 3.63) is 66.1 Å². The van der Waals surface area contributed by atoms with E-state index in [1.54, 1.807) is 6.07 Å². The number of Topliss-reactive ketones (excluding diaryl/α,β-unsaturated/α-hetero) is 1. The van der Waals surface area contributed by atoms with E-state index < -0.39 is 0 Å². The molecule has 1 aromatic heterocycles. The first-order valence-corrected chi connectivity index (χ1v) is 8.65. The maximum Gasteiger partial charge on any atom is 0.219 e. The monoisotopic (exact) mass is 338 g/mol. The minimum atomic E-state index is -0.180. The number of nitrogens with one attached hydrogen (secondary N) is 2. The fraction of sp³-hybridized carbons (Fsp3) is 0.250. The van der Waals surface area contributed by atoms with Gasteiger partial charge in [-0.15, -0.1) is 0 Å². The molecule has 0 radical (unpaired) electrons. The van der Waals surface area contributed by atoms with E-state index in [1.807, 2.05) is 42.6 Å². The predicted molar refractivity (Wildman–Crippen MR) is 96.8 cm³/mol. The number of H-pyrrole nitrogens is 1. The summed E-state index contributed by atoms with van der Waals surface area (Å²) < 4.78 is 13.9. The van der Waals surface area contributed by atoms with Gasteiger partial charge < -0.3 is 14.8 Å². The average Bonchev–Trinajstić information content (AvgIpc) is 3.07. The van der Waals surface area contributed by atoms with Gasteiger partial charge in [0.1, 0.15) is 12.4 Å². The van der Waals surface area contributed by atoms with Crippen LogP contribution in [-0.4, -0.2) is 43.5 Å². The first-order chi connectivity index (χ1) is 12.2. The molecule has 4 rings (SSSR count). The second kappa shape index (κ2) is 6.69. The number of anilines is 1. The van der Waals surface area contributed by atoms with Crippen LogP contribution in [0.2, 0.25) is 0 Å². The molecule has 0 bridgehead atoms. The molecular formula is C20H21FN3O+. The van der Waals surface area contributed by atoms with Crippen LogP contribution in [0.15, 0.2) is 54.7 Å². The number of fused-ring (bicyclic) bond motifs is 1. The van der Waals surface area contributed by atoms with Gasteiger partial charge in [0.15, 0.2) is 0 Å². The first-order valence-electron chi connectivity index (χ1n) is 8.65. The van der Waals surface area contributed by atoms with Gasteiger partial charge in [0.2, 0.25) is 5.78 Å². The predicted octanol–water partition coefficient (Wildman–Crippen LogP) is 1.89. The van der Waals surface area contributed by atoms with Crippen molar-refractivity contribution in [1.29, 1.82) is 0 Å². The lowest BCUT2D eigenvalue weighted by Gasteiger charge is -2.33. The Morgan fingerprint density at radius 3 is 2.60 bits per heavy atom. The van der Waals surface area contributed by atoms with Crippen LogP contribution in [0.3, 0.4) is 0 Å². The molecule has 3 aromatic rings. The largest absolute Gasteiger partial charge is 0.360 e. The van der Waals surface area contributed by atoms with Crippen LogP contribution in [0, 0.1) is 5.82 Å². The number of nitrogens with zero attached hydrogens (tertiary/aromatic N) is 1. The topological polar surface area (TPSA) is 40.5 Å². The number of aromatic nitrogens is 1. The molecule has 0 spiro atoms. The van der Waals surface area contributed by atoms with Gasteiger partial charge >= 0.3 is 0 Å². The van der Waals surface area contributed by atoms with E-state index in [9.17, 15) is 9.18 Å². The van der Waals surface area contributed by atoms with Crippen LogP contribution in [0.4, 0.5) is 10.1 Å². The van der Waals surface area contributed by atoms with Gasteiger partial charge in [-0.1, -0.05) is 30.3 Å². The van der Waals surface area contributed by atoms with Crippen LogP contribution in [0.5, 0.6) is 0 Å². The van der Waals surface area contributed by atoms with Crippen molar-refractivity contribution in [1.82, 2.24) is 4.98 Å². The summed E-state index contributed by atoms with van der Waals surface area (Å²) >= 11 is 0. The Balaban J connectivity index is 1.40. The number of halogens is 1. The molecule has 2 heterocycles. The normalized spacial score (nSPS) is 15.6. The third kappa shape index (κ3) is 3.15. The molecule has 0 unspecified atom stereocenters. The van der Waals surface area contributed by atoms with Crippen molar-refractivity contribution in [2.24, 2.45) is 0 Å². The summed E-state index contributed by atoms with van der Waals surface area (Å²) in [5, 5.41) is 0.983. The van der Waals surface area contributed by atoms with E-state index in [2.05, 4.69) is 9.88 Å². The molecule has 0 saturated carbocycles. The van der Waals surface area contributed by atoms with Crippen molar-refractivity contribution in [2.45, 2.75) is 0 Å². The molecule has 5 heteroatoms. The second-order valence-corrected chi connectivity index (χ2v) is 6.54. The van der Waals surface area contributed by atoms with E-state index in [4.69, 9.17) is 0 Å². The number of hydrogen-bond acceptors (Lipinski definition) is 2. The van der Waals surface area contributed by atoms with Crippen LogP contribution >= 0.6 is 0 Å². The van der Waals surface area contributed by atoms with Crippen molar-refractivity contribution in [2.75, 3.05) is 37.6 Å². The highest BCUT2D eigenvalue weighted by Gasteiger charge is 2.25. The molecule has 4 nitrogen and oxygen atoms in total. The fourth-order valence-electron chi connectivity index (χ4n) is 3.57. The van der Waals surface area contributed by atoms with Gasteiger partial charge in [-0.2, -0.15) is 0 Å². The number of para-hydroxylation sites is 2. The molecule has 1 fully saturated rings. The maximum absolute atomic E-state index is 13.9. The highest BCUT2D eigenvalue weighted by atomic mass is 19.1. The van der Waals surface area contributed by atoms with Crippen LogP contribution in [0.1, 0.15) is 10.4 Å². The summed E-state index contributed by atoms with van der Waals surface area (Å²) in [6, 6.07) is 14.7. The van der Waals surface area contributed by atoms with Gasteiger partial charge in [-0.3, -0.25) is 4.79 Å². The fourth-order valence-corrected chi connectivity index (χ4v) is 3.57. The third-order valence-electron chi connectivity index (χ3n) is 4.96. The lowest BCUT2D eigenvalue weighted by Crippen LogP contribution is -3.15. The molecule has 25 heavy (non-hydrogen) atoms. The number of rotatable bonds is 4. The lowest BCUT2D eigenvalue weighted by atomic mass is 10.1. The molecule has 2 aromatic carbocycles. The zero-order valence-electron chi connectivity index (χ0n) is 14.0. The molecule has 128 valence electrons. The molecular weight excluding hydrogens is 317 g/mol. The van der Waals surface area contributed by atoms with Gasteiger partial charge in [-0.05, 0) is 18.2 Å². The Morgan fingerprint density at radius 2 is 1.80 bits per heavy atom. The first kappa shape index (κ1) is 15.8. The van der Waals surface area contributed by atoms with E-state index in [0.717, 1.165) is 42.6 Å². The average molecular weight is 338 g/mol. The number of carbonyl (C=O) groups excluding carboxylic acids is 1. The van der Waals surface area contributed by atoms with Crippen LogP contribution < -0.4 is 9.80 Å². The van der Waals surface area contributed by atoms with Crippen molar-refractivity contribution < 1.29 is 14.1 Å². The number of aromatic amines is 1. The Bertz CT molecular complexity index is 897. The van der Waals surface area contributed by atoms with Crippen molar-refractivity contribution >= 4 is 22.4 Å². The Labute approximate surface area is 145 Å². The molecule has 1 aliphatic heterocycles. The molecule has 0 atom stereocenters. The van der Waals surface area contributed by atoms with Crippen LogP contribution in [-0.2, 0) is 0 Å². The lowest BCUT2D eigenvalue weighted by molar-refractivity contribution is -0.892. The summed E-state index contributed by atoms with van der Waals surface area (Å²) in [7, 11) is 0. The maximum atomic E-state index is 13.9. The smallest absolute Gasteiger partial charge is 0.219 e. The highest BCUT2D eigenvalue weighted by Crippen LogP contribution is 2.19. The Morgan fingerprint density at radius 1 is 1.08 bits per heavy atom. The minimum absolute atomic E-state index is 0.159. The minimum Gasteiger partial charge on any atom is -0.360 e. The van der Waals surface area contributed by atoms with Gasteiger partial charge in [0.25, 0.3) is 0 Å². The number of piperazine rings is 1. The summed E-state index contributed by atoms with van der Waals surface area (Å²) in [6.45, 7) is 3.67. The number of quaternary nitrogens is 1. The zero-order valence-corrected chi connectivity index (χ0v) is 14.0. The van der Waals surface area contributed by atoms with E-state index in [-0.39, 0.29) is 11.6 Å². The molecule has 1 saturated heterocycles. The van der Waals surface area contributed by atoms with Gasteiger partial charge in [0.05, 0.1) is 31.9 Å². The number of hydrogen-bond donors (Lipinski definition) is 2. The summed E-state index contributed by atoms with van der Waals surface area (Å²) in [5.41, 5.74) is 2.41. The van der Waals surface area contributed by atoms with Gasteiger partial charge in [0, 0.05) is 22.7 Å².